The lowest BCUT2D eigenvalue weighted by Gasteiger charge is -2.35. The van der Waals surface area contributed by atoms with E-state index in [-0.39, 0.29) is 0 Å². The zero-order chi connectivity index (χ0) is 24.0. The molecule has 1 aliphatic carbocycles. The Morgan fingerprint density at radius 2 is 1.86 bits per heavy atom. The van der Waals surface area contributed by atoms with Gasteiger partial charge in [-0.15, -0.1) is 5.10 Å². The van der Waals surface area contributed by atoms with Gasteiger partial charge in [0.15, 0.2) is 17.0 Å². The van der Waals surface area contributed by atoms with E-state index in [1.54, 1.807) is 11.8 Å². The van der Waals surface area contributed by atoms with Crippen molar-refractivity contribution in [2.45, 2.75) is 38.3 Å². The van der Waals surface area contributed by atoms with Gasteiger partial charge in [-0.1, -0.05) is 30.3 Å². The summed E-state index contributed by atoms with van der Waals surface area (Å²) < 4.78 is 14.8. The number of hydrogen-bond acceptors (Lipinski definition) is 8. The third kappa shape index (κ3) is 3.64. The lowest BCUT2D eigenvalue weighted by atomic mass is 9.79. The van der Waals surface area contributed by atoms with Crippen molar-refractivity contribution in [1.82, 2.24) is 29.3 Å². The van der Waals surface area contributed by atoms with Crippen LogP contribution in [0.2, 0.25) is 0 Å². The number of aliphatic hydroxyl groups is 1. The first kappa shape index (κ1) is 22.0. The van der Waals surface area contributed by atoms with Crippen molar-refractivity contribution in [1.29, 1.82) is 0 Å². The summed E-state index contributed by atoms with van der Waals surface area (Å²) in [6.07, 6.45) is 4.30. The monoisotopic (exact) mass is 475 g/mol. The van der Waals surface area contributed by atoms with Crippen molar-refractivity contribution in [2.24, 2.45) is 0 Å². The van der Waals surface area contributed by atoms with Crippen LogP contribution in [0.5, 0.6) is 5.88 Å². The molecule has 4 aromatic rings. The average molecular weight is 476 g/mol. The Morgan fingerprint density at radius 3 is 2.51 bits per heavy atom. The maximum atomic E-state index is 11.2. The van der Waals surface area contributed by atoms with Crippen LogP contribution in [0.25, 0.3) is 28.2 Å². The van der Waals surface area contributed by atoms with Gasteiger partial charge in [0.25, 0.3) is 5.95 Å². The van der Waals surface area contributed by atoms with Crippen LogP contribution in [0.3, 0.4) is 0 Å². The Hall–Kier alpha value is -3.50. The fraction of sp³-hybridized carbons (Fsp3) is 0.440. The summed E-state index contributed by atoms with van der Waals surface area (Å²) in [6, 6.07) is 9.98. The van der Waals surface area contributed by atoms with E-state index < -0.39 is 5.60 Å². The third-order valence-corrected chi connectivity index (χ3v) is 6.95. The number of imidazole rings is 1. The van der Waals surface area contributed by atoms with Gasteiger partial charge in [-0.05, 0) is 31.7 Å². The molecule has 182 valence electrons. The Balaban J connectivity index is 1.55. The quantitative estimate of drug-likeness (QED) is 0.454. The first-order valence-electron chi connectivity index (χ1n) is 12.1. The minimum Gasteiger partial charge on any atom is -0.479 e. The summed E-state index contributed by atoms with van der Waals surface area (Å²) in [5.74, 6) is 2.34. The van der Waals surface area contributed by atoms with Crippen molar-refractivity contribution in [3.63, 3.8) is 0 Å². The van der Waals surface area contributed by atoms with Crippen molar-refractivity contribution >= 4 is 17.0 Å². The highest BCUT2D eigenvalue weighted by Gasteiger charge is 2.41. The summed E-state index contributed by atoms with van der Waals surface area (Å²) in [6.45, 7) is 5.36. The van der Waals surface area contributed by atoms with Crippen molar-refractivity contribution in [2.75, 3.05) is 38.3 Å². The molecule has 10 heteroatoms. The number of fused-ring (bicyclic) bond motifs is 1. The number of aromatic nitrogens is 6. The van der Waals surface area contributed by atoms with Gasteiger partial charge in [-0.3, -0.25) is 0 Å². The Kier molecular flexibility index (Phi) is 5.42. The van der Waals surface area contributed by atoms with Gasteiger partial charge < -0.3 is 24.0 Å². The number of rotatable bonds is 6. The number of aryl methyl sites for hydroxylation is 1. The number of methoxy groups -OCH3 is 1. The molecular weight excluding hydrogens is 446 g/mol. The maximum Gasteiger partial charge on any atom is 0.254 e. The minimum atomic E-state index is -0.908. The van der Waals surface area contributed by atoms with Crippen LogP contribution in [0.15, 0.2) is 36.5 Å². The van der Waals surface area contributed by atoms with E-state index in [1.165, 1.54) is 0 Å². The van der Waals surface area contributed by atoms with Gasteiger partial charge in [-0.25, -0.2) is 9.67 Å². The Morgan fingerprint density at radius 1 is 1.09 bits per heavy atom. The summed E-state index contributed by atoms with van der Waals surface area (Å²) in [5.41, 5.74) is 2.35. The van der Waals surface area contributed by atoms with Gasteiger partial charge in [0.2, 0.25) is 5.88 Å². The molecule has 0 spiro atoms. The summed E-state index contributed by atoms with van der Waals surface area (Å²) >= 11 is 0. The summed E-state index contributed by atoms with van der Waals surface area (Å²) in [7, 11) is 1.61. The lowest BCUT2D eigenvalue weighted by Crippen LogP contribution is -2.37. The molecule has 0 unspecified atom stereocenters. The molecule has 35 heavy (non-hydrogen) atoms. The second kappa shape index (κ2) is 8.62. The smallest absolute Gasteiger partial charge is 0.254 e. The zero-order valence-corrected chi connectivity index (χ0v) is 20.0. The van der Waals surface area contributed by atoms with Crippen LogP contribution in [-0.4, -0.2) is 67.8 Å². The molecule has 1 N–H and O–H groups in total. The largest absolute Gasteiger partial charge is 0.479 e. The SMILES string of the molecule is CCn1c(C2(O)CCC2)nc2c(N3CCOCC3)nc(-n3cc(-c4ccccc4)c(OC)n3)nc21. The van der Waals surface area contributed by atoms with E-state index in [0.717, 1.165) is 23.4 Å². The Bertz CT molecular complexity index is 1350. The average Bonchev–Trinajstić information content (AvgIpc) is 3.49. The van der Waals surface area contributed by atoms with Crippen LogP contribution in [-0.2, 0) is 16.9 Å². The fourth-order valence-electron chi connectivity index (χ4n) is 4.89. The summed E-state index contributed by atoms with van der Waals surface area (Å²) in [4.78, 5) is 17.0. The predicted molar refractivity (Wildman–Crippen MR) is 131 cm³/mol. The number of benzene rings is 1. The minimum absolute atomic E-state index is 0.432. The fourth-order valence-corrected chi connectivity index (χ4v) is 4.89. The molecule has 1 saturated heterocycles. The van der Waals surface area contributed by atoms with Crippen molar-refractivity contribution < 1.29 is 14.6 Å². The highest BCUT2D eigenvalue weighted by atomic mass is 16.5. The van der Waals surface area contributed by atoms with Crippen LogP contribution in [0, 0.1) is 0 Å². The predicted octanol–water partition coefficient (Wildman–Crippen LogP) is 2.92. The number of anilines is 1. The lowest BCUT2D eigenvalue weighted by molar-refractivity contribution is -0.0490. The highest BCUT2D eigenvalue weighted by molar-refractivity contribution is 5.85. The van der Waals surface area contributed by atoms with Crippen molar-refractivity contribution in [3.05, 3.63) is 42.4 Å². The molecule has 6 rings (SSSR count). The Labute approximate surface area is 203 Å². The van der Waals surface area contributed by atoms with Gasteiger partial charge in [0.1, 0.15) is 11.4 Å². The number of ether oxygens (including phenoxy) is 2. The first-order chi connectivity index (χ1) is 17.1. The molecule has 1 saturated carbocycles. The first-order valence-corrected chi connectivity index (χ1v) is 12.1. The van der Waals surface area contributed by atoms with Crippen LogP contribution in [0.4, 0.5) is 5.82 Å². The van der Waals surface area contributed by atoms with E-state index in [1.807, 2.05) is 48.0 Å². The van der Waals surface area contributed by atoms with E-state index in [0.29, 0.717) is 74.5 Å². The van der Waals surface area contributed by atoms with Crippen molar-refractivity contribution in [3.8, 4) is 23.0 Å². The van der Waals surface area contributed by atoms with E-state index in [4.69, 9.17) is 24.4 Å². The standard InChI is InChI=1S/C25H29N7O3/c1-3-31-21-19(26-23(31)25(33)10-7-11-25)20(30-12-14-35-15-13-30)27-24(28-21)32-16-18(22(29-32)34-2)17-8-5-4-6-9-17/h4-6,8-9,16,33H,3,7,10-15H2,1-2H3. The van der Waals surface area contributed by atoms with Crippen LogP contribution >= 0.6 is 0 Å². The van der Waals surface area contributed by atoms with E-state index >= 15 is 0 Å². The van der Waals surface area contributed by atoms with Crippen LogP contribution < -0.4 is 9.64 Å². The molecule has 10 nitrogen and oxygen atoms in total. The normalized spacial score (nSPS) is 17.5. The van der Waals surface area contributed by atoms with E-state index in [2.05, 4.69) is 10.00 Å². The molecule has 0 radical (unpaired) electrons. The highest BCUT2D eigenvalue weighted by Crippen LogP contribution is 2.42. The molecule has 4 heterocycles. The second-order valence-electron chi connectivity index (χ2n) is 9.05. The molecular formula is C25H29N7O3. The van der Waals surface area contributed by atoms with Crippen LogP contribution in [0.1, 0.15) is 32.0 Å². The van der Waals surface area contributed by atoms with E-state index in [9.17, 15) is 5.11 Å². The molecule has 0 atom stereocenters. The number of nitrogens with zero attached hydrogens (tertiary/aromatic N) is 7. The number of hydrogen-bond donors (Lipinski definition) is 1. The molecule has 0 bridgehead atoms. The van der Waals surface area contributed by atoms with Gasteiger partial charge in [0, 0.05) is 25.8 Å². The van der Waals surface area contributed by atoms with Gasteiger partial charge >= 0.3 is 0 Å². The molecule has 3 aromatic heterocycles. The molecule has 2 aliphatic rings. The van der Waals surface area contributed by atoms with Gasteiger partial charge in [-0.2, -0.15) is 9.97 Å². The molecule has 1 aromatic carbocycles. The molecule has 0 amide bonds. The summed E-state index contributed by atoms with van der Waals surface area (Å²) in [5, 5.41) is 15.8. The zero-order valence-electron chi connectivity index (χ0n) is 20.0. The van der Waals surface area contributed by atoms with Gasteiger partial charge in [0.05, 0.1) is 25.9 Å². The maximum absolute atomic E-state index is 11.2. The molecule has 2 fully saturated rings. The topological polar surface area (TPSA) is 103 Å². The molecule has 1 aliphatic heterocycles. The second-order valence-corrected chi connectivity index (χ2v) is 9.05. The number of morpholine rings is 1. The third-order valence-electron chi connectivity index (χ3n) is 6.95.